The van der Waals surface area contributed by atoms with Gasteiger partial charge in [-0.05, 0) is 64.7 Å². The Morgan fingerprint density at radius 2 is 1.82 bits per heavy atom. The van der Waals surface area contributed by atoms with Crippen LogP contribution < -0.4 is 9.47 Å². The van der Waals surface area contributed by atoms with Crippen LogP contribution >= 0.6 is 0 Å². The normalized spacial score (nSPS) is 15.1. The van der Waals surface area contributed by atoms with E-state index in [1.807, 2.05) is 20.8 Å². The summed E-state index contributed by atoms with van der Waals surface area (Å²) in [6.07, 6.45) is 1.44. The van der Waals surface area contributed by atoms with Crippen LogP contribution in [0.25, 0.3) is 0 Å². The van der Waals surface area contributed by atoms with Crippen LogP contribution in [0.15, 0.2) is 18.2 Å². The number of esters is 1. The van der Waals surface area contributed by atoms with Crippen molar-refractivity contribution in [1.29, 1.82) is 0 Å². The Morgan fingerprint density at radius 3 is 2.39 bits per heavy atom. The van der Waals surface area contributed by atoms with Gasteiger partial charge in [0, 0.05) is 13.1 Å². The second-order valence-corrected chi connectivity index (χ2v) is 7.81. The van der Waals surface area contributed by atoms with E-state index in [2.05, 4.69) is 0 Å². The third-order valence-electron chi connectivity index (χ3n) is 4.42. The quantitative estimate of drug-likeness (QED) is 0.683. The molecule has 1 heterocycles. The van der Waals surface area contributed by atoms with Gasteiger partial charge in [-0.15, -0.1) is 0 Å². The van der Waals surface area contributed by atoms with E-state index < -0.39 is 5.60 Å². The highest BCUT2D eigenvalue weighted by Gasteiger charge is 2.27. The molecule has 28 heavy (non-hydrogen) atoms. The third kappa shape index (κ3) is 6.32. The molecule has 156 valence electrons. The van der Waals surface area contributed by atoms with E-state index in [0.717, 1.165) is 12.8 Å². The largest absolute Gasteiger partial charge is 0.493 e. The molecule has 1 amide bonds. The van der Waals surface area contributed by atoms with Gasteiger partial charge in [0.05, 0.1) is 25.9 Å². The number of carbonyl (C=O) groups is 2. The number of methoxy groups -OCH3 is 1. The Hall–Kier alpha value is -2.44. The highest BCUT2D eigenvalue weighted by atomic mass is 16.6. The monoisotopic (exact) mass is 393 g/mol. The van der Waals surface area contributed by atoms with Gasteiger partial charge in [-0.3, -0.25) is 0 Å². The molecule has 0 spiro atoms. The van der Waals surface area contributed by atoms with Gasteiger partial charge in [-0.1, -0.05) is 0 Å². The molecule has 0 atom stereocenters. The van der Waals surface area contributed by atoms with E-state index in [0.29, 0.717) is 49.3 Å². The molecule has 1 aliphatic rings. The maximum absolute atomic E-state index is 12.1. The smallest absolute Gasteiger partial charge is 0.410 e. The molecule has 7 heteroatoms. The van der Waals surface area contributed by atoms with Crippen LogP contribution in [0.2, 0.25) is 0 Å². The molecule has 1 fully saturated rings. The first-order chi connectivity index (χ1) is 13.2. The lowest BCUT2D eigenvalue weighted by atomic mass is 9.98. The van der Waals surface area contributed by atoms with Gasteiger partial charge in [-0.25, -0.2) is 9.59 Å². The Balaban J connectivity index is 1.86. The van der Waals surface area contributed by atoms with E-state index in [-0.39, 0.29) is 12.1 Å². The molecule has 0 saturated carbocycles. The Morgan fingerprint density at radius 1 is 1.14 bits per heavy atom. The van der Waals surface area contributed by atoms with Crippen molar-refractivity contribution in [1.82, 2.24) is 4.90 Å². The SMILES string of the molecule is CCOC(=O)c1ccc(OCC2CCN(C(=O)OC(C)(C)C)CC2)c(OC)c1. The zero-order chi connectivity index (χ0) is 20.7. The molecule has 0 aromatic heterocycles. The maximum Gasteiger partial charge on any atom is 0.410 e. The minimum atomic E-state index is -0.483. The van der Waals surface area contributed by atoms with Gasteiger partial charge >= 0.3 is 12.1 Å². The summed E-state index contributed by atoms with van der Waals surface area (Å²) in [5.41, 5.74) is -0.0553. The zero-order valence-electron chi connectivity index (χ0n) is 17.4. The van der Waals surface area contributed by atoms with Gasteiger partial charge < -0.3 is 23.8 Å². The number of likely N-dealkylation sites (tertiary alicyclic amines) is 1. The fraction of sp³-hybridized carbons (Fsp3) is 0.619. The fourth-order valence-corrected chi connectivity index (χ4v) is 2.94. The van der Waals surface area contributed by atoms with Gasteiger partial charge in [-0.2, -0.15) is 0 Å². The van der Waals surface area contributed by atoms with Crippen molar-refractivity contribution >= 4 is 12.1 Å². The molecule has 0 unspecified atom stereocenters. The van der Waals surface area contributed by atoms with Gasteiger partial charge in [0.25, 0.3) is 0 Å². The summed E-state index contributed by atoms with van der Waals surface area (Å²) in [6, 6.07) is 5.01. The topological polar surface area (TPSA) is 74.3 Å². The second kappa shape index (κ2) is 9.66. The van der Waals surface area contributed by atoms with Crippen LogP contribution in [0, 0.1) is 5.92 Å². The van der Waals surface area contributed by atoms with E-state index >= 15 is 0 Å². The molecule has 1 aliphatic heterocycles. The Kier molecular flexibility index (Phi) is 7.54. The summed E-state index contributed by atoms with van der Waals surface area (Å²) >= 11 is 0. The standard InChI is InChI=1S/C21H31NO6/c1-6-26-19(23)16-7-8-17(18(13-16)25-5)27-14-15-9-11-22(12-10-15)20(24)28-21(2,3)4/h7-8,13,15H,6,9-12,14H2,1-5H3. The average Bonchev–Trinajstić information content (AvgIpc) is 2.65. The maximum atomic E-state index is 12.1. The van der Waals surface area contributed by atoms with E-state index in [1.165, 1.54) is 7.11 Å². The molecule has 1 saturated heterocycles. The van der Waals surface area contributed by atoms with Crippen molar-refractivity contribution in [3.05, 3.63) is 23.8 Å². The summed E-state index contributed by atoms with van der Waals surface area (Å²) in [4.78, 5) is 25.7. The van der Waals surface area contributed by atoms with Gasteiger partial charge in [0.1, 0.15) is 5.60 Å². The molecule has 0 bridgehead atoms. The molecular weight excluding hydrogens is 362 g/mol. The number of rotatable bonds is 6. The van der Waals surface area contributed by atoms with Crippen LogP contribution in [-0.2, 0) is 9.47 Å². The molecule has 0 aliphatic carbocycles. The van der Waals surface area contributed by atoms with Gasteiger partial charge in [0.2, 0.25) is 0 Å². The van der Waals surface area contributed by atoms with Crippen LogP contribution in [0.5, 0.6) is 11.5 Å². The van der Waals surface area contributed by atoms with Crippen LogP contribution in [0.3, 0.4) is 0 Å². The first-order valence-electron chi connectivity index (χ1n) is 9.69. The first kappa shape index (κ1) is 21.9. The van der Waals surface area contributed by atoms with Crippen LogP contribution in [0.4, 0.5) is 4.79 Å². The number of benzene rings is 1. The molecular formula is C21H31NO6. The number of piperidine rings is 1. The summed E-state index contributed by atoms with van der Waals surface area (Å²) in [7, 11) is 1.54. The van der Waals surface area contributed by atoms with Crippen LogP contribution in [-0.4, -0.2) is 56.0 Å². The third-order valence-corrected chi connectivity index (χ3v) is 4.42. The Bertz CT molecular complexity index is 674. The lowest BCUT2D eigenvalue weighted by Gasteiger charge is -2.33. The van der Waals surface area contributed by atoms with Crippen molar-refractivity contribution in [2.45, 2.75) is 46.1 Å². The summed E-state index contributed by atoms with van der Waals surface area (Å²) in [5, 5.41) is 0. The predicted molar refractivity (Wildman–Crippen MR) is 105 cm³/mol. The van der Waals surface area contributed by atoms with Crippen molar-refractivity contribution < 1.29 is 28.5 Å². The molecule has 1 aromatic rings. The van der Waals surface area contributed by atoms with E-state index in [1.54, 1.807) is 30.0 Å². The zero-order valence-corrected chi connectivity index (χ0v) is 17.4. The van der Waals surface area contributed by atoms with Crippen molar-refractivity contribution in [3.8, 4) is 11.5 Å². The highest BCUT2D eigenvalue weighted by molar-refractivity contribution is 5.90. The predicted octanol–water partition coefficient (Wildman–Crippen LogP) is 3.90. The summed E-state index contributed by atoms with van der Waals surface area (Å²) < 4.78 is 21.7. The number of amides is 1. The van der Waals surface area contributed by atoms with Crippen molar-refractivity contribution in [2.24, 2.45) is 5.92 Å². The van der Waals surface area contributed by atoms with E-state index in [4.69, 9.17) is 18.9 Å². The minimum absolute atomic E-state index is 0.261. The summed E-state index contributed by atoms with van der Waals surface area (Å²) in [6.45, 7) is 9.52. The number of hydrogen-bond acceptors (Lipinski definition) is 6. The average molecular weight is 393 g/mol. The van der Waals surface area contributed by atoms with E-state index in [9.17, 15) is 9.59 Å². The molecule has 0 radical (unpaired) electrons. The fourth-order valence-electron chi connectivity index (χ4n) is 2.94. The molecule has 1 aromatic carbocycles. The van der Waals surface area contributed by atoms with Crippen LogP contribution in [0.1, 0.15) is 50.9 Å². The van der Waals surface area contributed by atoms with Gasteiger partial charge in [0.15, 0.2) is 11.5 Å². The lowest BCUT2D eigenvalue weighted by molar-refractivity contribution is 0.0164. The molecule has 2 rings (SSSR count). The number of hydrogen-bond donors (Lipinski definition) is 0. The number of nitrogens with zero attached hydrogens (tertiary/aromatic N) is 1. The molecule has 7 nitrogen and oxygen atoms in total. The van der Waals surface area contributed by atoms with Crippen molar-refractivity contribution in [3.63, 3.8) is 0 Å². The lowest BCUT2D eigenvalue weighted by Crippen LogP contribution is -2.42. The Labute approximate surface area is 166 Å². The minimum Gasteiger partial charge on any atom is -0.493 e. The molecule has 0 N–H and O–H groups in total. The second-order valence-electron chi connectivity index (χ2n) is 7.81. The number of ether oxygens (including phenoxy) is 4. The first-order valence-corrected chi connectivity index (χ1v) is 9.69. The van der Waals surface area contributed by atoms with Crippen molar-refractivity contribution in [2.75, 3.05) is 33.4 Å². The summed E-state index contributed by atoms with van der Waals surface area (Å²) in [5.74, 6) is 1.04. The highest BCUT2D eigenvalue weighted by Crippen LogP contribution is 2.30. The number of carbonyl (C=O) groups excluding carboxylic acids is 2.